The average Bonchev–Trinajstić information content (AvgIpc) is 3.10. The lowest BCUT2D eigenvalue weighted by atomic mass is 10.0. The van der Waals surface area contributed by atoms with Crippen LogP contribution in [0.5, 0.6) is 5.75 Å². The van der Waals surface area contributed by atoms with Crippen molar-refractivity contribution >= 4 is 40.1 Å². The van der Waals surface area contributed by atoms with Crippen molar-refractivity contribution in [3.05, 3.63) is 64.7 Å². The summed E-state index contributed by atoms with van der Waals surface area (Å²) in [5.74, 6) is -0.284. The van der Waals surface area contributed by atoms with Gasteiger partial charge in [0.15, 0.2) is 11.1 Å². The van der Waals surface area contributed by atoms with Crippen LogP contribution in [0.15, 0.2) is 47.6 Å². The van der Waals surface area contributed by atoms with E-state index >= 15 is 0 Å². The van der Waals surface area contributed by atoms with E-state index in [4.69, 9.17) is 21.1 Å². The summed E-state index contributed by atoms with van der Waals surface area (Å²) in [4.78, 5) is 30.3. The number of carbonyl (C=O) groups excluding carboxylic acids is 2. The molecule has 1 unspecified atom stereocenters. The van der Waals surface area contributed by atoms with Gasteiger partial charge < -0.3 is 19.4 Å². The summed E-state index contributed by atoms with van der Waals surface area (Å²) in [6.07, 6.45) is 3.63. The normalized spacial score (nSPS) is 15.3. The third-order valence-electron chi connectivity index (χ3n) is 5.45. The zero-order valence-electron chi connectivity index (χ0n) is 18.3. The molecule has 0 aliphatic carbocycles. The number of amides is 1. The van der Waals surface area contributed by atoms with Gasteiger partial charge in [-0.3, -0.25) is 9.59 Å². The van der Waals surface area contributed by atoms with Crippen molar-refractivity contribution in [2.24, 2.45) is 4.99 Å². The monoisotopic (exact) mass is 467 g/mol. The number of ether oxygens (including phenoxy) is 2. The summed E-state index contributed by atoms with van der Waals surface area (Å²) in [6, 6.07) is 8.44. The van der Waals surface area contributed by atoms with E-state index < -0.39 is 11.7 Å². The van der Waals surface area contributed by atoms with Crippen LogP contribution in [0.3, 0.4) is 0 Å². The van der Waals surface area contributed by atoms with Crippen LogP contribution in [0, 0.1) is 6.92 Å². The molecule has 4 rings (SSSR count). The predicted molar refractivity (Wildman–Crippen MR) is 124 cm³/mol. The molecule has 0 fully saturated rings. The fourth-order valence-corrected chi connectivity index (χ4v) is 3.89. The number of benzene rings is 1. The van der Waals surface area contributed by atoms with E-state index in [2.05, 4.69) is 20.5 Å². The highest BCUT2D eigenvalue weighted by Gasteiger charge is 2.27. The number of carbonyl (C=O) groups is 2. The molecule has 1 atom stereocenters. The van der Waals surface area contributed by atoms with Crippen LogP contribution in [0.1, 0.15) is 28.2 Å². The first kappa shape index (κ1) is 22.5. The molecule has 170 valence electrons. The summed E-state index contributed by atoms with van der Waals surface area (Å²) in [6.45, 7) is 2.15. The molecule has 10 heteroatoms. The number of aliphatic imine (C=N–C) groups is 1. The first-order valence-electron chi connectivity index (χ1n) is 10.2. The number of rotatable bonds is 6. The zero-order chi connectivity index (χ0) is 23.5. The molecule has 1 aliphatic rings. The molecule has 3 heterocycles. The molecule has 3 aromatic rings. The summed E-state index contributed by atoms with van der Waals surface area (Å²) in [5, 5.41) is 11.7. The van der Waals surface area contributed by atoms with Crippen LogP contribution < -0.4 is 10.1 Å². The lowest BCUT2D eigenvalue weighted by Gasteiger charge is -2.17. The van der Waals surface area contributed by atoms with Gasteiger partial charge in [-0.1, -0.05) is 11.6 Å². The quantitative estimate of drug-likeness (QED) is 0.441. The minimum atomic E-state index is -0.710. The second kappa shape index (κ2) is 9.41. The molecule has 0 radical (unpaired) electrons. The minimum absolute atomic E-state index is 0.295. The summed E-state index contributed by atoms with van der Waals surface area (Å²) in [5.41, 5.74) is 2.38. The third-order valence-corrected chi connectivity index (χ3v) is 5.66. The molecule has 0 saturated carbocycles. The van der Waals surface area contributed by atoms with E-state index in [1.165, 1.54) is 7.11 Å². The van der Waals surface area contributed by atoms with Crippen LogP contribution >= 0.6 is 11.6 Å². The Morgan fingerprint density at radius 3 is 2.70 bits per heavy atom. The van der Waals surface area contributed by atoms with Gasteiger partial charge in [-0.2, -0.15) is 5.10 Å². The number of halogens is 1. The summed E-state index contributed by atoms with van der Waals surface area (Å²) < 4.78 is 12.4. The van der Waals surface area contributed by atoms with Gasteiger partial charge >= 0.3 is 0 Å². The Morgan fingerprint density at radius 2 is 2.00 bits per heavy atom. The molecule has 0 saturated heterocycles. The van der Waals surface area contributed by atoms with E-state index in [-0.39, 0.29) is 6.04 Å². The first-order valence-corrected chi connectivity index (χ1v) is 10.6. The van der Waals surface area contributed by atoms with Crippen molar-refractivity contribution in [1.29, 1.82) is 0 Å². The lowest BCUT2D eigenvalue weighted by Crippen LogP contribution is -2.40. The molecule has 33 heavy (non-hydrogen) atoms. The molecular formula is C23H22ClN5O4. The van der Waals surface area contributed by atoms with Crippen LogP contribution in [0.4, 0.5) is 0 Å². The van der Waals surface area contributed by atoms with Crippen molar-refractivity contribution in [1.82, 2.24) is 20.1 Å². The number of ketones is 1. The topological polar surface area (TPSA) is 108 Å². The number of nitrogens with zero attached hydrogens (tertiary/aromatic N) is 4. The fourth-order valence-electron chi connectivity index (χ4n) is 3.79. The van der Waals surface area contributed by atoms with E-state index in [0.717, 1.165) is 5.52 Å². The maximum atomic E-state index is 13.3. The molecule has 2 aromatic heterocycles. The van der Waals surface area contributed by atoms with Gasteiger partial charge in [-0.15, -0.1) is 5.10 Å². The van der Waals surface area contributed by atoms with Gasteiger partial charge in [0, 0.05) is 29.2 Å². The minimum Gasteiger partial charge on any atom is -0.497 e. The number of fused-ring (bicyclic) bond motifs is 1. The molecule has 1 aromatic carbocycles. The van der Waals surface area contributed by atoms with Crippen molar-refractivity contribution < 1.29 is 19.1 Å². The summed E-state index contributed by atoms with van der Waals surface area (Å²) in [7, 11) is 3.06. The Hall–Kier alpha value is -3.72. The Bertz CT molecular complexity index is 1280. The van der Waals surface area contributed by atoms with E-state index in [0.29, 0.717) is 52.1 Å². The van der Waals surface area contributed by atoms with Crippen LogP contribution in [0.2, 0.25) is 5.15 Å². The molecule has 9 nitrogen and oxygen atoms in total. The van der Waals surface area contributed by atoms with E-state index in [9.17, 15) is 9.59 Å². The Balaban J connectivity index is 1.70. The molecule has 0 bridgehead atoms. The van der Waals surface area contributed by atoms with Gasteiger partial charge in [0.05, 0.1) is 38.1 Å². The number of Topliss-reactive ketones (excluding diaryl/α,β-unsaturated/α-hetero) is 1. The highest BCUT2D eigenvalue weighted by molar-refractivity contribution is 6.45. The van der Waals surface area contributed by atoms with Crippen LogP contribution in [-0.4, -0.2) is 52.6 Å². The maximum Gasteiger partial charge on any atom is 0.292 e. The first-order chi connectivity index (χ1) is 15.9. The number of hydrogen-bond donors (Lipinski definition) is 1. The third kappa shape index (κ3) is 4.58. The van der Waals surface area contributed by atoms with Gasteiger partial charge in [-0.25, -0.2) is 4.99 Å². The highest BCUT2D eigenvalue weighted by Crippen LogP contribution is 2.30. The number of hydrogen-bond acceptors (Lipinski definition) is 7. The van der Waals surface area contributed by atoms with Crippen LogP contribution in [0.25, 0.3) is 10.9 Å². The van der Waals surface area contributed by atoms with Crippen LogP contribution in [-0.2, 0) is 16.1 Å². The Morgan fingerprint density at radius 1 is 1.18 bits per heavy atom. The van der Waals surface area contributed by atoms with Gasteiger partial charge in [-0.05, 0) is 43.3 Å². The molecule has 0 spiro atoms. The second-order valence-electron chi connectivity index (χ2n) is 7.46. The Kier molecular flexibility index (Phi) is 6.41. The number of nitrogens with one attached hydrogen (secondary N) is 1. The van der Waals surface area contributed by atoms with Gasteiger partial charge in [0.25, 0.3) is 11.7 Å². The second-order valence-corrected chi connectivity index (χ2v) is 7.85. The van der Waals surface area contributed by atoms with Crippen molar-refractivity contribution in [2.45, 2.75) is 25.9 Å². The highest BCUT2D eigenvalue weighted by atomic mass is 35.5. The van der Waals surface area contributed by atoms with E-state index in [1.807, 2.05) is 10.6 Å². The SMILES string of the molecule is COC1=NC=CC(NC(=O)C(=O)c2c(C)n(Cc3ccc(Cl)nn3)c3ccc(OC)cc23)C1. The molecule has 1 aliphatic heterocycles. The van der Waals surface area contributed by atoms with Crippen molar-refractivity contribution in [2.75, 3.05) is 14.2 Å². The fraction of sp³-hybridized carbons (Fsp3) is 0.261. The molecule has 1 N–H and O–H groups in total. The smallest absolute Gasteiger partial charge is 0.292 e. The maximum absolute atomic E-state index is 13.3. The van der Waals surface area contributed by atoms with Crippen molar-refractivity contribution in [3.8, 4) is 5.75 Å². The largest absolute Gasteiger partial charge is 0.497 e. The lowest BCUT2D eigenvalue weighted by molar-refractivity contribution is -0.117. The molecular weight excluding hydrogens is 446 g/mol. The zero-order valence-corrected chi connectivity index (χ0v) is 19.1. The van der Waals surface area contributed by atoms with Gasteiger partial charge in [0.1, 0.15) is 5.75 Å². The van der Waals surface area contributed by atoms with Crippen molar-refractivity contribution in [3.63, 3.8) is 0 Å². The van der Waals surface area contributed by atoms with E-state index in [1.54, 1.807) is 50.6 Å². The Labute approximate surface area is 195 Å². The average molecular weight is 468 g/mol. The molecule has 1 amide bonds. The standard InChI is InChI=1S/C23H22ClN5O4/c1-13-21(22(30)23(31)26-14-8-9-25-20(10-14)33-3)17-11-16(32-2)5-6-18(17)29(13)12-15-4-7-19(24)28-27-15/h4-9,11,14H,10,12H2,1-3H3,(H,26,31). The number of methoxy groups -OCH3 is 2. The summed E-state index contributed by atoms with van der Waals surface area (Å²) >= 11 is 5.85. The number of aromatic nitrogens is 3. The predicted octanol–water partition coefficient (Wildman–Crippen LogP) is 3.08. The van der Waals surface area contributed by atoms with Gasteiger partial charge in [0.2, 0.25) is 0 Å².